The van der Waals surface area contributed by atoms with Crippen molar-refractivity contribution in [3.8, 4) is 11.5 Å². The van der Waals surface area contributed by atoms with Crippen molar-refractivity contribution in [2.75, 3.05) is 11.4 Å². The predicted octanol–water partition coefficient (Wildman–Crippen LogP) is 4.18. The molecule has 4 heteroatoms. The smallest absolute Gasteiger partial charge is 0.266 e. The number of rotatable bonds is 2. The van der Waals surface area contributed by atoms with Gasteiger partial charge in [0.2, 0.25) is 0 Å². The summed E-state index contributed by atoms with van der Waals surface area (Å²) in [5, 5.41) is 4.25. The first-order valence-corrected chi connectivity index (χ1v) is 8.15. The van der Waals surface area contributed by atoms with Crippen LogP contribution in [0, 0.1) is 0 Å². The molecule has 2 aliphatic heterocycles. The molecule has 1 aliphatic carbocycles. The molecule has 3 aliphatic rings. The maximum atomic E-state index is 5.50. The highest BCUT2D eigenvalue weighted by Gasteiger charge is 2.39. The molecule has 0 saturated carbocycles. The van der Waals surface area contributed by atoms with E-state index in [0.29, 0.717) is 23.8 Å². The van der Waals surface area contributed by atoms with Crippen LogP contribution in [0.25, 0.3) is 11.5 Å². The molecule has 0 N–H and O–H groups in total. The predicted molar refractivity (Wildman–Crippen MR) is 88.2 cm³/mol. The Morgan fingerprint density at radius 2 is 1.70 bits per heavy atom. The standard InChI is InChI=1S/C19H17N3O/c1-2-6-13(7-3-1)18-20-19(21-23-18)22-12-14-10-11-17(22)16-9-5-4-8-15(14)16/h1-9,14,17H,10-12H2/t14-,17+/m1/s1. The van der Waals surface area contributed by atoms with Crippen LogP contribution in [0.15, 0.2) is 59.1 Å². The molecular weight excluding hydrogens is 286 g/mol. The van der Waals surface area contributed by atoms with Crippen LogP contribution < -0.4 is 4.90 Å². The lowest BCUT2D eigenvalue weighted by Crippen LogP contribution is -2.43. The maximum absolute atomic E-state index is 5.50. The minimum absolute atomic E-state index is 0.373. The fraction of sp³-hybridized carbons (Fsp3) is 0.263. The van der Waals surface area contributed by atoms with E-state index in [2.05, 4.69) is 39.3 Å². The van der Waals surface area contributed by atoms with Gasteiger partial charge in [-0.3, -0.25) is 0 Å². The van der Waals surface area contributed by atoms with Gasteiger partial charge in [-0.2, -0.15) is 4.98 Å². The average Bonchev–Trinajstić information content (AvgIpc) is 3.13. The zero-order chi connectivity index (χ0) is 15.2. The highest BCUT2D eigenvalue weighted by atomic mass is 16.5. The fourth-order valence-electron chi connectivity index (χ4n) is 3.99. The van der Waals surface area contributed by atoms with Crippen molar-refractivity contribution in [3.63, 3.8) is 0 Å². The normalized spacial score (nSPS) is 22.2. The summed E-state index contributed by atoms with van der Waals surface area (Å²) in [5.74, 6) is 1.89. The molecule has 6 rings (SSSR count). The van der Waals surface area contributed by atoms with E-state index in [4.69, 9.17) is 4.52 Å². The highest BCUT2D eigenvalue weighted by molar-refractivity contribution is 5.55. The van der Waals surface area contributed by atoms with Crippen molar-refractivity contribution in [1.29, 1.82) is 0 Å². The number of hydrogen-bond acceptors (Lipinski definition) is 4. The number of benzene rings is 2. The molecule has 3 heterocycles. The average molecular weight is 303 g/mol. The first kappa shape index (κ1) is 12.9. The minimum atomic E-state index is 0.373. The Hall–Kier alpha value is -2.62. The zero-order valence-electron chi connectivity index (χ0n) is 12.7. The summed E-state index contributed by atoms with van der Waals surface area (Å²) >= 11 is 0. The van der Waals surface area contributed by atoms with Crippen molar-refractivity contribution in [1.82, 2.24) is 10.1 Å². The van der Waals surface area contributed by atoms with Crippen molar-refractivity contribution in [3.05, 3.63) is 65.7 Å². The third kappa shape index (κ3) is 1.98. The van der Waals surface area contributed by atoms with Gasteiger partial charge < -0.3 is 9.42 Å². The summed E-state index contributed by atoms with van der Waals surface area (Å²) in [4.78, 5) is 6.96. The number of anilines is 1. The Labute approximate surface area is 134 Å². The van der Waals surface area contributed by atoms with Crippen LogP contribution in [0.5, 0.6) is 0 Å². The van der Waals surface area contributed by atoms with E-state index in [0.717, 1.165) is 18.5 Å². The van der Waals surface area contributed by atoms with E-state index in [9.17, 15) is 0 Å². The second-order valence-corrected chi connectivity index (χ2v) is 6.34. The quantitative estimate of drug-likeness (QED) is 0.712. The molecule has 1 saturated heterocycles. The van der Waals surface area contributed by atoms with E-state index < -0.39 is 0 Å². The summed E-state index contributed by atoms with van der Waals surface area (Å²) in [6.45, 7) is 0.982. The Morgan fingerprint density at radius 3 is 2.57 bits per heavy atom. The molecular formula is C19H17N3O. The number of piperidine rings is 1. The van der Waals surface area contributed by atoms with Crippen LogP contribution in [0.4, 0.5) is 5.95 Å². The number of aromatic nitrogens is 2. The van der Waals surface area contributed by atoms with Crippen LogP contribution in [-0.4, -0.2) is 16.7 Å². The van der Waals surface area contributed by atoms with E-state index in [1.165, 1.54) is 17.5 Å². The molecule has 0 unspecified atom stereocenters. The molecule has 0 radical (unpaired) electrons. The number of fused-ring (bicyclic) bond motifs is 2. The largest absolute Gasteiger partial charge is 0.332 e. The molecule has 3 aromatic rings. The summed E-state index contributed by atoms with van der Waals surface area (Å²) in [5.41, 5.74) is 3.90. The van der Waals surface area contributed by atoms with E-state index in [-0.39, 0.29) is 0 Å². The summed E-state index contributed by atoms with van der Waals surface area (Å²) in [7, 11) is 0. The van der Waals surface area contributed by atoms with Crippen LogP contribution in [0.1, 0.15) is 35.9 Å². The van der Waals surface area contributed by atoms with Gasteiger partial charge in [-0.25, -0.2) is 0 Å². The Kier molecular flexibility index (Phi) is 2.77. The monoisotopic (exact) mass is 303 g/mol. The Balaban J connectivity index is 1.51. The molecule has 0 spiro atoms. The van der Waals surface area contributed by atoms with Crippen LogP contribution in [0.2, 0.25) is 0 Å². The first-order valence-electron chi connectivity index (χ1n) is 8.15. The molecule has 1 fully saturated rings. The third-order valence-electron chi connectivity index (χ3n) is 5.07. The van der Waals surface area contributed by atoms with E-state index in [1.54, 1.807) is 0 Å². The lowest BCUT2D eigenvalue weighted by atomic mass is 9.75. The van der Waals surface area contributed by atoms with Gasteiger partial charge in [0.1, 0.15) is 0 Å². The molecule has 0 amide bonds. The van der Waals surface area contributed by atoms with Gasteiger partial charge in [0.25, 0.3) is 11.8 Å². The van der Waals surface area contributed by atoms with Crippen LogP contribution >= 0.6 is 0 Å². The first-order chi connectivity index (χ1) is 11.4. The van der Waals surface area contributed by atoms with Gasteiger partial charge >= 0.3 is 0 Å². The zero-order valence-corrected chi connectivity index (χ0v) is 12.7. The SMILES string of the molecule is c1ccc(-c2nc(N3C[C@H]4CC[C@H]3c3ccccc34)no2)cc1. The molecule has 4 nitrogen and oxygen atoms in total. The molecule has 2 atom stereocenters. The lowest BCUT2D eigenvalue weighted by Gasteiger charge is -2.46. The number of nitrogens with zero attached hydrogens (tertiary/aromatic N) is 3. The van der Waals surface area contributed by atoms with Crippen molar-refractivity contribution >= 4 is 5.95 Å². The topological polar surface area (TPSA) is 42.2 Å². The second kappa shape index (κ2) is 4.95. The van der Waals surface area contributed by atoms with Crippen molar-refractivity contribution < 1.29 is 4.52 Å². The summed E-state index contributed by atoms with van der Waals surface area (Å²) < 4.78 is 5.50. The van der Waals surface area contributed by atoms with E-state index in [1.807, 2.05) is 30.3 Å². The molecule has 23 heavy (non-hydrogen) atoms. The van der Waals surface area contributed by atoms with Crippen LogP contribution in [0.3, 0.4) is 0 Å². The van der Waals surface area contributed by atoms with Crippen molar-refractivity contribution in [2.24, 2.45) is 0 Å². The van der Waals surface area contributed by atoms with Gasteiger partial charge in [-0.15, -0.1) is 0 Å². The summed E-state index contributed by atoms with van der Waals surface area (Å²) in [6, 6.07) is 19.1. The van der Waals surface area contributed by atoms with Gasteiger partial charge in [-0.1, -0.05) is 42.5 Å². The van der Waals surface area contributed by atoms with E-state index >= 15 is 0 Å². The summed E-state index contributed by atoms with van der Waals surface area (Å²) in [6.07, 6.45) is 2.42. The molecule has 114 valence electrons. The lowest BCUT2D eigenvalue weighted by molar-refractivity contribution is 0.373. The molecule has 2 bridgehead atoms. The van der Waals surface area contributed by atoms with Gasteiger partial charge in [0.15, 0.2) is 0 Å². The second-order valence-electron chi connectivity index (χ2n) is 6.34. The third-order valence-corrected chi connectivity index (χ3v) is 5.07. The fourth-order valence-corrected chi connectivity index (χ4v) is 3.99. The maximum Gasteiger partial charge on any atom is 0.266 e. The highest BCUT2D eigenvalue weighted by Crippen LogP contribution is 2.47. The van der Waals surface area contributed by atoms with Gasteiger partial charge in [0, 0.05) is 18.0 Å². The minimum Gasteiger partial charge on any atom is -0.332 e. The number of hydrogen-bond donors (Lipinski definition) is 0. The molecule has 1 aromatic heterocycles. The molecule has 2 aromatic carbocycles. The van der Waals surface area contributed by atoms with Crippen molar-refractivity contribution in [2.45, 2.75) is 24.8 Å². The van der Waals surface area contributed by atoms with Gasteiger partial charge in [-0.05, 0) is 41.3 Å². The van der Waals surface area contributed by atoms with Crippen LogP contribution in [-0.2, 0) is 0 Å². The Morgan fingerprint density at radius 1 is 0.913 bits per heavy atom. The van der Waals surface area contributed by atoms with Gasteiger partial charge in [0.05, 0.1) is 6.04 Å². The Bertz CT molecular complexity index is 843.